The van der Waals surface area contributed by atoms with E-state index in [1.54, 1.807) is 11.3 Å². The second-order valence-electron chi connectivity index (χ2n) is 3.55. The largest absolute Gasteiger partial charge is 0.515 e. The molecule has 0 aliphatic heterocycles. The van der Waals surface area contributed by atoms with E-state index in [9.17, 15) is 9.59 Å². The maximum atomic E-state index is 11.5. The Morgan fingerprint density at radius 1 is 1.33 bits per heavy atom. The third-order valence-corrected chi connectivity index (χ3v) is 3.31. The van der Waals surface area contributed by atoms with Crippen LogP contribution in [0.1, 0.15) is 24.3 Å². The van der Waals surface area contributed by atoms with Gasteiger partial charge in [-0.25, -0.2) is 0 Å². The average molecular weight is 222 g/mol. The maximum absolute atomic E-state index is 11.5. The van der Waals surface area contributed by atoms with Crippen molar-refractivity contribution in [1.82, 2.24) is 0 Å². The van der Waals surface area contributed by atoms with E-state index in [4.69, 9.17) is 5.11 Å². The van der Waals surface area contributed by atoms with Crippen LogP contribution >= 0.6 is 11.3 Å². The number of rotatable bonds is 1. The van der Waals surface area contributed by atoms with Crippen molar-refractivity contribution in [2.24, 2.45) is 0 Å². The molecule has 0 saturated heterocycles. The van der Waals surface area contributed by atoms with Crippen LogP contribution in [0.15, 0.2) is 28.7 Å². The number of Topliss-reactive ketones (excluding diaryl/α,β-unsaturated/α-hetero) is 2. The minimum Gasteiger partial charge on any atom is -0.515 e. The number of ketones is 2. The van der Waals surface area contributed by atoms with E-state index < -0.39 is 0 Å². The monoisotopic (exact) mass is 222 g/mol. The smallest absolute Gasteiger partial charge is 0.170 e. The van der Waals surface area contributed by atoms with Crippen LogP contribution in [0, 0.1) is 0 Å². The molecule has 1 aromatic rings. The van der Waals surface area contributed by atoms with Crippen molar-refractivity contribution in [3.8, 4) is 0 Å². The van der Waals surface area contributed by atoms with Crippen molar-refractivity contribution in [3.63, 3.8) is 0 Å². The summed E-state index contributed by atoms with van der Waals surface area (Å²) in [7, 11) is 0. The van der Waals surface area contributed by atoms with E-state index in [-0.39, 0.29) is 23.1 Å². The van der Waals surface area contributed by atoms with Crippen molar-refractivity contribution >= 4 is 22.9 Å². The molecule has 0 aromatic carbocycles. The summed E-state index contributed by atoms with van der Waals surface area (Å²) in [6.45, 7) is 0. The minimum absolute atomic E-state index is 0.0139. The Kier molecular flexibility index (Phi) is 2.68. The van der Waals surface area contributed by atoms with Gasteiger partial charge in [-0.3, -0.25) is 9.59 Å². The Morgan fingerprint density at radius 3 is 2.47 bits per heavy atom. The van der Waals surface area contributed by atoms with E-state index in [1.165, 1.54) is 0 Å². The van der Waals surface area contributed by atoms with E-state index in [0.29, 0.717) is 19.1 Å². The lowest BCUT2D eigenvalue weighted by atomic mass is 9.81. The predicted molar refractivity (Wildman–Crippen MR) is 57.0 cm³/mol. The summed E-state index contributed by atoms with van der Waals surface area (Å²) in [5.74, 6) is -0.533. The highest BCUT2D eigenvalue weighted by Crippen LogP contribution is 2.32. The van der Waals surface area contributed by atoms with Gasteiger partial charge in [0.15, 0.2) is 11.6 Å². The Bertz CT molecular complexity index is 397. The van der Waals surface area contributed by atoms with Gasteiger partial charge in [-0.15, -0.1) is 0 Å². The zero-order chi connectivity index (χ0) is 10.8. The number of hydrogen-bond donors (Lipinski definition) is 1. The molecule has 0 unspecified atom stereocenters. The van der Waals surface area contributed by atoms with Crippen molar-refractivity contribution < 1.29 is 14.7 Å². The van der Waals surface area contributed by atoms with Crippen LogP contribution in [0.3, 0.4) is 0 Å². The zero-order valence-electron chi connectivity index (χ0n) is 7.97. The topological polar surface area (TPSA) is 54.4 Å². The SMILES string of the molecule is O=C1CC(c2ccsc2)CC(=O)C1=CO. The second kappa shape index (κ2) is 3.98. The molecule has 1 aliphatic carbocycles. The average Bonchev–Trinajstić information content (AvgIpc) is 2.69. The van der Waals surface area contributed by atoms with Crippen LogP contribution in [0.5, 0.6) is 0 Å². The van der Waals surface area contributed by atoms with Crippen molar-refractivity contribution in [3.05, 3.63) is 34.2 Å². The number of carbonyl (C=O) groups excluding carboxylic acids is 2. The van der Waals surface area contributed by atoms with Gasteiger partial charge in [0, 0.05) is 12.8 Å². The summed E-state index contributed by atoms with van der Waals surface area (Å²) in [5.41, 5.74) is 0.986. The summed E-state index contributed by atoms with van der Waals surface area (Å²) >= 11 is 1.56. The Morgan fingerprint density at radius 2 is 2.00 bits per heavy atom. The standard InChI is InChI=1S/C11H10O3S/c12-5-9-10(13)3-8(4-11(9)14)7-1-2-15-6-7/h1-2,5-6,8,12H,3-4H2. The Hall–Kier alpha value is -1.42. The minimum atomic E-state index is -0.259. The molecule has 15 heavy (non-hydrogen) atoms. The van der Waals surface area contributed by atoms with Crippen LogP contribution in [-0.4, -0.2) is 16.7 Å². The van der Waals surface area contributed by atoms with Crippen molar-refractivity contribution in [2.45, 2.75) is 18.8 Å². The van der Waals surface area contributed by atoms with Crippen LogP contribution in [0.25, 0.3) is 0 Å². The predicted octanol–water partition coefficient (Wildman–Crippen LogP) is 2.21. The van der Waals surface area contributed by atoms with Gasteiger partial charge in [0.25, 0.3) is 0 Å². The molecule has 1 aliphatic rings. The summed E-state index contributed by atoms with van der Waals surface area (Å²) in [4.78, 5) is 23.0. The summed E-state index contributed by atoms with van der Waals surface area (Å²) in [6, 6.07) is 1.93. The van der Waals surface area contributed by atoms with Gasteiger partial charge in [0.05, 0.1) is 11.8 Å². The lowest BCUT2D eigenvalue weighted by molar-refractivity contribution is -0.124. The molecular weight excluding hydrogens is 212 g/mol. The molecule has 1 aromatic heterocycles. The fraction of sp³-hybridized carbons (Fsp3) is 0.273. The first kappa shape index (κ1) is 10.1. The van der Waals surface area contributed by atoms with E-state index >= 15 is 0 Å². The normalized spacial score (nSPS) is 21.9. The summed E-state index contributed by atoms with van der Waals surface area (Å²) in [5, 5.41) is 12.6. The van der Waals surface area contributed by atoms with Gasteiger partial charge in [-0.05, 0) is 28.3 Å². The fourth-order valence-corrected chi connectivity index (χ4v) is 2.52. The van der Waals surface area contributed by atoms with Gasteiger partial charge in [0.2, 0.25) is 0 Å². The summed E-state index contributed by atoms with van der Waals surface area (Å²) in [6.07, 6.45) is 1.26. The van der Waals surface area contributed by atoms with E-state index in [2.05, 4.69) is 0 Å². The van der Waals surface area contributed by atoms with Gasteiger partial charge < -0.3 is 5.11 Å². The molecule has 0 atom stereocenters. The number of aliphatic hydroxyl groups excluding tert-OH is 1. The Balaban J connectivity index is 2.22. The first-order valence-electron chi connectivity index (χ1n) is 4.65. The van der Waals surface area contributed by atoms with Gasteiger partial charge in [-0.2, -0.15) is 11.3 Å². The molecule has 4 heteroatoms. The van der Waals surface area contributed by atoms with Crippen LogP contribution in [0.4, 0.5) is 0 Å². The van der Waals surface area contributed by atoms with Crippen LogP contribution in [-0.2, 0) is 9.59 Å². The number of allylic oxidation sites excluding steroid dienone is 1. The first-order valence-corrected chi connectivity index (χ1v) is 5.59. The number of thiophene rings is 1. The molecule has 3 nitrogen and oxygen atoms in total. The molecule has 78 valence electrons. The molecule has 1 N–H and O–H groups in total. The van der Waals surface area contributed by atoms with Gasteiger partial charge in [0.1, 0.15) is 0 Å². The van der Waals surface area contributed by atoms with Crippen LogP contribution < -0.4 is 0 Å². The van der Waals surface area contributed by atoms with Crippen molar-refractivity contribution in [1.29, 1.82) is 0 Å². The first-order chi connectivity index (χ1) is 7.22. The molecule has 0 amide bonds. The molecule has 0 spiro atoms. The number of aliphatic hydroxyl groups is 1. The lowest BCUT2D eigenvalue weighted by Gasteiger charge is -2.20. The van der Waals surface area contributed by atoms with E-state index in [0.717, 1.165) is 5.56 Å². The molecule has 2 rings (SSSR count). The van der Waals surface area contributed by atoms with Crippen molar-refractivity contribution in [2.75, 3.05) is 0 Å². The number of carbonyl (C=O) groups is 2. The van der Waals surface area contributed by atoms with Gasteiger partial charge in [-0.1, -0.05) is 0 Å². The molecular formula is C11H10O3S. The highest BCUT2D eigenvalue weighted by Gasteiger charge is 2.31. The zero-order valence-corrected chi connectivity index (χ0v) is 8.79. The lowest BCUT2D eigenvalue weighted by Crippen LogP contribution is -2.24. The highest BCUT2D eigenvalue weighted by molar-refractivity contribution is 7.08. The molecule has 1 fully saturated rings. The quantitative estimate of drug-likeness (QED) is 0.450. The third kappa shape index (κ3) is 1.85. The molecule has 1 heterocycles. The van der Waals surface area contributed by atoms with Crippen LogP contribution in [0.2, 0.25) is 0 Å². The summed E-state index contributed by atoms with van der Waals surface area (Å²) < 4.78 is 0. The molecule has 0 bridgehead atoms. The second-order valence-corrected chi connectivity index (χ2v) is 4.33. The maximum Gasteiger partial charge on any atom is 0.170 e. The Labute approximate surface area is 91.0 Å². The highest BCUT2D eigenvalue weighted by atomic mass is 32.1. The van der Waals surface area contributed by atoms with Gasteiger partial charge >= 0.3 is 0 Å². The number of hydrogen-bond acceptors (Lipinski definition) is 4. The fourth-order valence-electron chi connectivity index (χ4n) is 1.78. The third-order valence-electron chi connectivity index (χ3n) is 2.61. The van der Waals surface area contributed by atoms with E-state index in [1.807, 2.05) is 16.8 Å². The molecule has 0 radical (unpaired) electrons. The molecule has 1 saturated carbocycles.